The average Bonchev–Trinajstić information content (AvgIpc) is 3.37. The number of halogens is 1. The second kappa shape index (κ2) is 10.1. The SMILES string of the molecule is COc1cccc(CCc2nccn2-c2ccc(N3C(=O)CC(=O)Nc4c3ccc3ccccc43)cc2)c1F. The first-order valence-corrected chi connectivity index (χ1v) is 12.6. The highest BCUT2D eigenvalue weighted by Crippen LogP contribution is 2.40. The first kappa shape index (κ1) is 24.4. The van der Waals surface area contributed by atoms with E-state index >= 15 is 0 Å². The minimum Gasteiger partial charge on any atom is -0.494 e. The zero-order valence-corrected chi connectivity index (χ0v) is 21.2. The van der Waals surface area contributed by atoms with Crippen molar-refractivity contribution < 1.29 is 18.7 Å². The number of nitrogens with one attached hydrogen (secondary N) is 1. The molecule has 1 aromatic heterocycles. The summed E-state index contributed by atoms with van der Waals surface area (Å²) in [7, 11) is 1.45. The van der Waals surface area contributed by atoms with E-state index < -0.39 is 0 Å². The van der Waals surface area contributed by atoms with E-state index in [1.54, 1.807) is 29.3 Å². The number of carbonyl (C=O) groups excluding carboxylic acids is 2. The zero-order chi connectivity index (χ0) is 26.9. The Morgan fingerprint density at radius 2 is 1.72 bits per heavy atom. The standard InChI is InChI=1S/C31H25FN4O3/c1-39-26-8-4-6-21(30(26)32)10-16-27-33-17-18-35(27)22-11-13-23(14-12-22)36-25-15-9-20-5-2-3-7-24(20)31(25)34-28(37)19-29(36)38/h2-9,11-15,17-18H,10,16,19H2,1H3,(H,34,37). The minimum absolute atomic E-state index is 0.223. The molecule has 194 valence electrons. The maximum Gasteiger partial charge on any atom is 0.241 e. The van der Waals surface area contributed by atoms with Crippen molar-refractivity contribution in [2.75, 3.05) is 17.3 Å². The van der Waals surface area contributed by atoms with Crippen molar-refractivity contribution in [1.29, 1.82) is 0 Å². The zero-order valence-electron chi connectivity index (χ0n) is 21.2. The van der Waals surface area contributed by atoms with Crippen LogP contribution in [0.5, 0.6) is 5.75 Å². The molecule has 0 radical (unpaired) electrons. The molecule has 0 fully saturated rings. The molecule has 0 aliphatic carbocycles. The average molecular weight is 521 g/mol. The number of methoxy groups -OCH3 is 1. The van der Waals surface area contributed by atoms with Gasteiger partial charge in [0.15, 0.2) is 11.6 Å². The van der Waals surface area contributed by atoms with E-state index in [9.17, 15) is 14.0 Å². The van der Waals surface area contributed by atoms with Gasteiger partial charge in [-0.25, -0.2) is 9.37 Å². The van der Waals surface area contributed by atoms with E-state index in [-0.39, 0.29) is 29.8 Å². The third-order valence-corrected chi connectivity index (χ3v) is 6.96. The van der Waals surface area contributed by atoms with Crippen LogP contribution in [0.25, 0.3) is 16.5 Å². The fourth-order valence-corrected chi connectivity index (χ4v) is 5.07. The summed E-state index contributed by atoms with van der Waals surface area (Å²) < 4.78 is 21.7. The first-order valence-electron chi connectivity index (χ1n) is 12.6. The number of anilines is 3. The summed E-state index contributed by atoms with van der Waals surface area (Å²) in [6.07, 6.45) is 4.30. The minimum atomic E-state index is -0.356. The van der Waals surface area contributed by atoms with Crippen LogP contribution >= 0.6 is 0 Å². The highest BCUT2D eigenvalue weighted by molar-refractivity contribution is 6.21. The van der Waals surface area contributed by atoms with E-state index in [1.807, 2.05) is 71.4 Å². The number of nitrogens with zero attached hydrogens (tertiary/aromatic N) is 3. The van der Waals surface area contributed by atoms with Gasteiger partial charge in [0.25, 0.3) is 0 Å². The highest BCUT2D eigenvalue weighted by Gasteiger charge is 2.28. The van der Waals surface area contributed by atoms with Gasteiger partial charge < -0.3 is 14.6 Å². The Bertz CT molecular complexity index is 1710. The highest BCUT2D eigenvalue weighted by atomic mass is 19.1. The molecule has 2 amide bonds. The molecule has 7 nitrogen and oxygen atoms in total. The first-order chi connectivity index (χ1) is 19.0. The van der Waals surface area contributed by atoms with Gasteiger partial charge >= 0.3 is 0 Å². The fourth-order valence-electron chi connectivity index (χ4n) is 5.07. The molecule has 8 heteroatoms. The van der Waals surface area contributed by atoms with Crippen LogP contribution in [-0.4, -0.2) is 28.5 Å². The molecule has 0 saturated heterocycles. The normalized spacial score (nSPS) is 13.2. The van der Waals surface area contributed by atoms with Crippen LogP contribution in [-0.2, 0) is 22.4 Å². The van der Waals surface area contributed by atoms with Crippen LogP contribution in [0.1, 0.15) is 17.8 Å². The Balaban J connectivity index is 1.30. The monoisotopic (exact) mass is 520 g/mol. The molecule has 0 atom stereocenters. The van der Waals surface area contributed by atoms with Crippen molar-refractivity contribution in [1.82, 2.24) is 9.55 Å². The van der Waals surface area contributed by atoms with Crippen molar-refractivity contribution in [3.8, 4) is 11.4 Å². The van der Waals surface area contributed by atoms with Crippen molar-refractivity contribution in [2.45, 2.75) is 19.3 Å². The van der Waals surface area contributed by atoms with E-state index in [1.165, 1.54) is 7.11 Å². The molecule has 0 unspecified atom stereocenters. The molecule has 0 saturated carbocycles. The molecular formula is C31H25FN4O3. The summed E-state index contributed by atoms with van der Waals surface area (Å²) in [5, 5.41) is 4.77. The van der Waals surface area contributed by atoms with Gasteiger partial charge in [-0.3, -0.25) is 14.5 Å². The van der Waals surface area contributed by atoms with Crippen LogP contribution in [0.4, 0.5) is 21.5 Å². The molecule has 1 aliphatic rings. The van der Waals surface area contributed by atoms with Gasteiger partial charge in [-0.05, 0) is 53.8 Å². The summed E-state index contributed by atoms with van der Waals surface area (Å²) in [5.74, 6) is -0.000769. The number of benzene rings is 4. The van der Waals surface area contributed by atoms with E-state index in [0.29, 0.717) is 35.5 Å². The number of amides is 2. The second-order valence-corrected chi connectivity index (χ2v) is 9.30. The van der Waals surface area contributed by atoms with Gasteiger partial charge in [-0.1, -0.05) is 42.5 Å². The van der Waals surface area contributed by atoms with E-state index in [4.69, 9.17) is 4.74 Å². The van der Waals surface area contributed by atoms with Crippen LogP contribution in [0.2, 0.25) is 0 Å². The van der Waals surface area contributed by atoms with Crippen molar-refractivity contribution in [3.05, 3.63) is 108 Å². The Kier molecular flexibility index (Phi) is 6.28. The maximum absolute atomic E-state index is 14.6. The molecule has 39 heavy (non-hydrogen) atoms. The van der Waals surface area contributed by atoms with Gasteiger partial charge in [0.05, 0.1) is 18.5 Å². The Morgan fingerprint density at radius 3 is 2.54 bits per heavy atom. The Morgan fingerprint density at radius 1 is 0.923 bits per heavy atom. The molecule has 1 aliphatic heterocycles. The van der Waals surface area contributed by atoms with Gasteiger partial charge in [0.1, 0.15) is 12.2 Å². The number of aromatic nitrogens is 2. The van der Waals surface area contributed by atoms with Gasteiger partial charge in [-0.2, -0.15) is 0 Å². The predicted octanol–water partition coefficient (Wildman–Crippen LogP) is 5.97. The smallest absolute Gasteiger partial charge is 0.241 e. The molecular weight excluding hydrogens is 495 g/mol. The van der Waals surface area contributed by atoms with Crippen molar-refractivity contribution in [2.24, 2.45) is 0 Å². The number of hydrogen-bond acceptors (Lipinski definition) is 4. The number of fused-ring (bicyclic) bond motifs is 3. The number of ether oxygens (including phenoxy) is 1. The summed E-state index contributed by atoms with van der Waals surface area (Å²) in [5.41, 5.74) is 3.31. The Hall–Kier alpha value is -4.98. The lowest BCUT2D eigenvalue weighted by Crippen LogP contribution is -2.26. The lowest BCUT2D eigenvalue weighted by Gasteiger charge is -2.23. The van der Waals surface area contributed by atoms with E-state index in [2.05, 4.69) is 10.3 Å². The Labute approximate surface area is 224 Å². The molecule has 0 bridgehead atoms. The third-order valence-electron chi connectivity index (χ3n) is 6.96. The van der Waals surface area contributed by atoms with Crippen molar-refractivity contribution >= 4 is 39.6 Å². The molecule has 5 aromatic rings. The van der Waals surface area contributed by atoms with Gasteiger partial charge in [0, 0.05) is 35.6 Å². The lowest BCUT2D eigenvalue weighted by atomic mass is 10.1. The molecule has 6 rings (SSSR count). The maximum atomic E-state index is 14.6. The van der Waals surface area contributed by atoms with Crippen LogP contribution in [0, 0.1) is 5.82 Å². The topological polar surface area (TPSA) is 76.5 Å². The number of carbonyl (C=O) groups is 2. The summed E-state index contributed by atoms with van der Waals surface area (Å²) in [6, 6.07) is 24.2. The van der Waals surface area contributed by atoms with E-state index in [0.717, 1.165) is 22.3 Å². The summed E-state index contributed by atoms with van der Waals surface area (Å²) >= 11 is 0. The molecule has 2 heterocycles. The fraction of sp³-hybridized carbons (Fsp3) is 0.129. The van der Waals surface area contributed by atoms with Gasteiger partial charge in [0.2, 0.25) is 11.8 Å². The third kappa shape index (κ3) is 4.50. The predicted molar refractivity (Wildman–Crippen MR) is 148 cm³/mol. The quantitative estimate of drug-likeness (QED) is 0.280. The molecule has 4 aromatic carbocycles. The van der Waals surface area contributed by atoms with Crippen molar-refractivity contribution in [3.63, 3.8) is 0 Å². The lowest BCUT2D eigenvalue weighted by molar-refractivity contribution is -0.124. The van der Waals surface area contributed by atoms with Crippen LogP contribution in [0.3, 0.4) is 0 Å². The molecule has 0 spiro atoms. The van der Waals surface area contributed by atoms with Crippen LogP contribution in [0.15, 0.2) is 91.3 Å². The number of rotatable bonds is 6. The second-order valence-electron chi connectivity index (χ2n) is 9.30. The summed E-state index contributed by atoms with van der Waals surface area (Å²) in [4.78, 5) is 31.8. The largest absolute Gasteiger partial charge is 0.494 e. The number of hydrogen-bond donors (Lipinski definition) is 1. The number of aryl methyl sites for hydroxylation is 2. The van der Waals surface area contributed by atoms with Crippen LogP contribution < -0.4 is 15.0 Å². The van der Waals surface area contributed by atoms with Gasteiger partial charge in [-0.15, -0.1) is 0 Å². The number of imidazole rings is 1. The molecule has 1 N–H and O–H groups in total. The summed E-state index contributed by atoms with van der Waals surface area (Å²) in [6.45, 7) is 0.